The van der Waals surface area contributed by atoms with Gasteiger partial charge in [0.2, 0.25) is 11.8 Å². The van der Waals surface area contributed by atoms with Crippen LogP contribution in [0.25, 0.3) is 0 Å². The minimum atomic E-state index is -0.315. The Morgan fingerprint density at radius 1 is 1.25 bits per heavy atom. The van der Waals surface area contributed by atoms with Crippen LogP contribution >= 0.6 is 0 Å². The SMILES string of the molecule is CCCN(Cc1ccc(C)cc1)C(=O)CNC(=O)CN. The zero-order valence-electron chi connectivity index (χ0n) is 12.2. The number of carbonyl (C=O) groups excluding carboxylic acids is 2. The van der Waals surface area contributed by atoms with Crippen LogP contribution < -0.4 is 11.1 Å². The standard InChI is InChI=1S/C15H23N3O2/c1-3-8-18(15(20)10-17-14(19)9-16)11-13-6-4-12(2)5-7-13/h4-7H,3,8-11,16H2,1-2H3,(H,17,19). The number of hydrogen-bond donors (Lipinski definition) is 2. The van der Waals surface area contributed by atoms with Crippen molar-refractivity contribution in [2.24, 2.45) is 5.73 Å². The number of benzene rings is 1. The summed E-state index contributed by atoms with van der Waals surface area (Å²) in [5.74, 6) is -0.403. The second-order valence-corrected chi connectivity index (χ2v) is 4.78. The number of aryl methyl sites for hydroxylation is 1. The minimum Gasteiger partial charge on any atom is -0.346 e. The van der Waals surface area contributed by atoms with Crippen LogP contribution in [-0.2, 0) is 16.1 Å². The third-order valence-electron chi connectivity index (χ3n) is 2.96. The summed E-state index contributed by atoms with van der Waals surface area (Å²) >= 11 is 0. The fourth-order valence-electron chi connectivity index (χ4n) is 1.83. The van der Waals surface area contributed by atoms with Crippen molar-refractivity contribution in [1.82, 2.24) is 10.2 Å². The third-order valence-corrected chi connectivity index (χ3v) is 2.96. The highest BCUT2D eigenvalue weighted by Crippen LogP contribution is 2.07. The summed E-state index contributed by atoms with van der Waals surface area (Å²) in [6.45, 7) is 5.19. The predicted molar refractivity (Wildman–Crippen MR) is 79.0 cm³/mol. The zero-order chi connectivity index (χ0) is 15.0. The molecule has 0 bridgehead atoms. The molecule has 110 valence electrons. The molecule has 0 aromatic heterocycles. The van der Waals surface area contributed by atoms with E-state index in [0.29, 0.717) is 13.1 Å². The highest BCUT2D eigenvalue weighted by atomic mass is 16.2. The molecular formula is C15H23N3O2. The van der Waals surface area contributed by atoms with Crippen molar-refractivity contribution in [3.8, 4) is 0 Å². The van der Waals surface area contributed by atoms with E-state index in [1.54, 1.807) is 4.90 Å². The first-order chi connectivity index (χ1) is 9.56. The Bertz CT molecular complexity index is 443. The van der Waals surface area contributed by atoms with E-state index in [-0.39, 0.29) is 24.9 Å². The molecule has 0 aliphatic carbocycles. The van der Waals surface area contributed by atoms with E-state index in [9.17, 15) is 9.59 Å². The Labute approximate surface area is 120 Å². The van der Waals surface area contributed by atoms with Gasteiger partial charge >= 0.3 is 0 Å². The van der Waals surface area contributed by atoms with E-state index >= 15 is 0 Å². The lowest BCUT2D eigenvalue weighted by Crippen LogP contribution is -2.41. The van der Waals surface area contributed by atoms with Gasteiger partial charge in [-0.1, -0.05) is 36.8 Å². The average Bonchev–Trinajstić information content (AvgIpc) is 2.46. The third kappa shape index (κ3) is 5.40. The predicted octanol–water partition coefficient (Wildman–Crippen LogP) is 0.809. The highest BCUT2D eigenvalue weighted by molar-refractivity contribution is 5.85. The van der Waals surface area contributed by atoms with Gasteiger partial charge in [0.05, 0.1) is 13.1 Å². The van der Waals surface area contributed by atoms with E-state index in [0.717, 1.165) is 12.0 Å². The Morgan fingerprint density at radius 2 is 1.90 bits per heavy atom. The topological polar surface area (TPSA) is 75.4 Å². The molecule has 0 saturated carbocycles. The number of nitrogens with two attached hydrogens (primary N) is 1. The summed E-state index contributed by atoms with van der Waals surface area (Å²) in [4.78, 5) is 24.9. The maximum absolute atomic E-state index is 12.1. The smallest absolute Gasteiger partial charge is 0.242 e. The van der Waals surface area contributed by atoms with Gasteiger partial charge in [-0.05, 0) is 18.9 Å². The van der Waals surface area contributed by atoms with Crippen LogP contribution in [0.3, 0.4) is 0 Å². The molecule has 1 aromatic carbocycles. The first kappa shape index (κ1) is 16.2. The monoisotopic (exact) mass is 277 g/mol. The quantitative estimate of drug-likeness (QED) is 0.774. The second-order valence-electron chi connectivity index (χ2n) is 4.78. The van der Waals surface area contributed by atoms with Crippen LogP contribution in [0.15, 0.2) is 24.3 Å². The van der Waals surface area contributed by atoms with E-state index in [2.05, 4.69) is 5.32 Å². The number of nitrogens with one attached hydrogen (secondary N) is 1. The molecule has 1 rings (SSSR count). The van der Waals surface area contributed by atoms with Crippen molar-refractivity contribution in [3.63, 3.8) is 0 Å². The van der Waals surface area contributed by atoms with Crippen LogP contribution in [0.2, 0.25) is 0 Å². The number of amides is 2. The molecule has 5 nitrogen and oxygen atoms in total. The normalized spacial score (nSPS) is 10.2. The summed E-state index contributed by atoms with van der Waals surface area (Å²) < 4.78 is 0. The van der Waals surface area contributed by atoms with E-state index in [1.807, 2.05) is 38.1 Å². The molecule has 20 heavy (non-hydrogen) atoms. The fourth-order valence-corrected chi connectivity index (χ4v) is 1.83. The van der Waals surface area contributed by atoms with Crippen molar-refractivity contribution < 1.29 is 9.59 Å². The minimum absolute atomic E-state index is 0.00188. The highest BCUT2D eigenvalue weighted by Gasteiger charge is 2.13. The lowest BCUT2D eigenvalue weighted by Gasteiger charge is -2.22. The summed E-state index contributed by atoms with van der Waals surface area (Å²) in [5.41, 5.74) is 7.47. The number of nitrogens with zero attached hydrogens (tertiary/aromatic N) is 1. The number of hydrogen-bond acceptors (Lipinski definition) is 3. The first-order valence-electron chi connectivity index (χ1n) is 6.87. The molecule has 0 aliphatic heterocycles. The summed E-state index contributed by atoms with van der Waals surface area (Å²) in [6, 6.07) is 8.09. The summed E-state index contributed by atoms with van der Waals surface area (Å²) in [7, 11) is 0. The van der Waals surface area contributed by atoms with Gasteiger partial charge in [0.25, 0.3) is 0 Å². The van der Waals surface area contributed by atoms with Crippen LogP contribution in [0.1, 0.15) is 24.5 Å². The molecule has 0 aliphatic rings. The molecule has 0 unspecified atom stereocenters. The molecule has 0 atom stereocenters. The maximum Gasteiger partial charge on any atom is 0.242 e. The van der Waals surface area contributed by atoms with E-state index < -0.39 is 0 Å². The van der Waals surface area contributed by atoms with E-state index in [1.165, 1.54) is 5.56 Å². The number of carbonyl (C=O) groups is 2. The molecule has 0 spiro atoms. The van der Waals surface area contributed by atoms with Crippen molar-refractivity contribution in [1.29, 1.82) is 0 Å². The van der Waals surface area contributed by atoms with Crippen LogP contribution in [0.4, 0.5) is 0 Å². The Balaban J connectivity index is 2.60. The lowest BCUT2D eigenvalue weighted by molar-refractivity contribution is -0.133. The molecular weight excluding hydrogens is 254 g/mol. The first-order valence-corrected chi connectivity index (χ1v) is 6.87. The van der Waals surface area contributed by atoms with Crippen molar-refractivity contribution in [3.05, 3.63) is 35.4 Å². The maximum atomic E-state index is 12.1. The Hall–Kier alpha value is -1.88. The van der Waals surface area contributed by atoms with Crippen LogP contribution in [0, 0.1) is 6.92 Å². The van der Waals surface area contributed by atoms with E-state index in [4.69, 9.17) is 5.73 Å². The molecule has 0 saturated heterocycles. The summed E-state index contributed by atoms with van der Waals surface area (Å²) in [6.07, 6.45) is 0.877. The van der Waals surface area contributed by atoms with Crippen molar-refractivity contribution in [2.45, 2.75) is 26.8 Å². The lowest BCUT2D eigenvalue weighted by atomic mass is 10.1. The molecule has 3 N–H and O–H groups in total. The number of rotatable bonds is 7. The fraction of sp³-hybridized carbons (Fsp3) is 0.467. The molecule has 1 aromatic rings. The Kier molecular flexibility index (Phi) is 6.73. The van der Waals surface area contributed by atoms with Crippen molar-refractivity contribution in [2.75, 3.05) is 19.6 Å². The summed E-state index contributed by atoms with van der Waals surface area (Å²) in [5, 5.41) is 2.51. The van der Waals surface area contributed by atoms with Gasteiger partial charge in [-0.2, -0.15) is 0 Å². The van der Waals surface area contributed by atoms with Gasteiger partial charge < -0.3 is 16.0 Å². The molecule has 0 heterocycles. The second kappa shape index (κ2) is 8.32. The van der Waals surface area contributed by atoms with Gasteiger partial charge in [-0.25, -0.2) is 0 Å². The largest absolute Gasteiger partial charge is 0.346 e. The van der Waals surface area contributed by atoms with Gasteiger partial charge in [-0.15, -0.1) is 0 Å². The Morgan fingerprint density at radius 3 is 2.45 bits per heavy atom. The van der Waals surface area contributed by atoms with Gasteiger partial charge in [-0.3, -0.25) is 9.59 Å². The zero-order valence-corrected chi connectivity index (χ0v) is 12.2. The van der Waals surface area contributed by atoms with Crippen LogP contribution in [-0.4, -0.2) is 36.3 Å². The van der Waals surface area contributed by atoms with Gasteiger partial charge in [0.1, 0.15) is 0 Å². The van der Waals surface area contributed by atoms with Crippen molar-refractivity contribution >= 4 is 11.8 Å². The van der Waals surface area contributed by atoms with Gasteiger partial charge in [0.15, 0.2) is 0 Å². The molecule has 0 radical (unpaired) electrons. The molecule has 5 heteroatoms. The molecule has 0 fully saturated rings. The van der Waals surface area contributed by atoms with Crippen LogP contribution in [0.5, 0.6) is 0 Å². The molecule has 2 amide bonds. The van der Waals surface area contributed by atoms with Gasteiger partial charge in [0, 0.05) is 13.1 Å². The average molecular weight is 277 g/mol.